The molecule has 1 aromatic heterocycles. The summed E-state index contributed by atoms with van der Waals surface area (Å²) < 4.78 is 13.1. The molecule has 1 aliphatic heterocycles. The Morgan fingerprint density at radius 1 is 1.07 bits per heavy atom. The Kier molecular flexibility index (Phi) is 6.85. The van der Waals surface area contributed by atoms with Gasteiger partial charge in [-0.25, -0.2) is 4.68 Å². The van der Waals surface area contributed by atoms with Crippen molar-refractivity contribution in [3.05, 3.63) is 29.6 Å². The lowest BCUT2D eigenvalue weighted by Gasteiger charge is -2.38. The second-order valence-corrected chi connectivity index (χ2v) is 7.79. The van der Waals surface area contributed by atoms with Gasteiger partial charge in [-0.1, -0.05) is 13.8 Å². The first-order valence-electron chi connectivity index (χ1n) is 9.94. The zero-order valence-electron chi connectivity index (χ0n) is 17.6. The maximum absolute atomic E-state index is 5.70. The molecule has 8 heteroatoms. The van der Waals surface area contributed by atoms with Crippen molar-refractivity contribution in [2.45, 2.75) is 32.9 Å². The van der Waals surface area contributed by atoms with E-state index in [4.69, 9.17) is 9.47 Å². The first-order chi connectivity index (χ1) is 13.5. The van der Waals surface area contributed by atoms with Crippen molar-refractivity contribution in [2.75, 3.05) is 47.4 Å². The highest BCUT2D eigenvalue weighted by Gasteiger charge is 2.32. The van der Waals surface area contributed by atoms with E-state index in [1.807, 2.05) is 22.9 Å². The minimum Gasteiger partial charge on any atom is -0.497 e. The van der Waals surface area contributed by atoms with Crippen LogP contribution in [-0.2, 0) is 6.54 Å². The largest absolute Gasteiger partial charge is 0.497 e. The molecular formula is C20H32N6O2. The highest BCUT2D eigenvalue weighted by Crippen LogP contribution is 2.36. The van der Waals surface area contributed by atoms with Gasteiger partial charge in [-0.05, 0) is 48.0 Å². The van der Waals surface area contributed by atoms with E-state index in [1.54, 1.807) is 14.2 Å². The molecule has 3 rings (SSSR count). The van der Waals surface area contributed by atoms with Crippen LogP contribution >= 0.6 is 0 Å². The second-order valence-electron chi connectivity index (χ2n) is 7.79. The number of hydrogen-bond acceptors (Lipinski definition) is 7. The van der Waals surface area contributed by atoms with Crippen LogP contribution in [0.5, 0.6) is 11.5 Å². The van der Waals surface area contributed by atoms with E-state index in [1.165, 1.54) is 0 Å². The normalized spacial score (nSPS) is 17.1. The summed E-state index contributed by atoms with van der Waals surface area (Å²) in [6.45, 7) is 9.14. The zero-order chi connectivity index (χ0) is 20.1. The van der Waals surface area contributed by atoms with Gasteiger partial charge in [-0.2, -0.15) is 0 Å². The van der Waals surface area contributed by atoms with E-state index in [-0.39, 0.29) is 6.04 Å². The SMILES string of the molecule is COc1ccc(OC)c(C(c2nnnn2CCC(C)C)N2CCN(C)CC2)c1. The average molecular weight is 389 g/mol. The van der Waals surface area contributed by atoms with Gasteiger partial charge in [0.15, 0.2) is 5.82 Å². The summed E-state index contributed by atoms with van der Waals surface area (Å²) in [5.41, 5.74) is 1.03. The van der Waals surface area contributed by atoms with Crippen molar-refractivity contribution in [2.24, 2.45) is 5.92 Å². The standard InChI is InChI=1S/C20H32N6O2/c1-15(2)8-9-26-20(21-22-23-26)19(25-12-10-24(3)11-13-25)17-14-16(27-4)6-7-18(17)28-5/h6-7,14-15,19H,8-13H2,1-5H3. The van der Waals surface area contributed by atoms with Gasteiger partial charge in [0, 0.05) is 38.3 Å². The molecule has 1 aliphatic rings. The molecule has 1 fully saturated rings. The van der Waals surface area contributed by atoms with Crippen LogP contribution < -0.4 is 9.47 Å². The van der Waals surface area contributed by atoms with E-state index >= 15 is 0 Å². The molecule has 1 atom stereocenters. The molecule has 0 saturated carbocycles. The molecule has 0 N–H and O–H groups in total. The highest BCUT2D eigenvalue weighted by atomic mass is 16.5. The van der Waals surface area contributed by atoms with Crippen molar-refractivity contribution in [3.8, 4) is 11.5 Å². The summed E-state index contributed by atoms with van der Waals surface area (Å²) in [5.74, 6) is 3.07. The van der Waals surface area contributed by atoms with Crippen molar-refractivity contribution in [1.82, 2.24) is 30.0 Å². The zero-order valence-corrected chi connectivity index (χ0v) is 17.6. The van der Waals surface area contributed by atoms with Crippen molar-refractivity contribution in [3.63, 3.8) is 0 Å². The third kappa shape index (κ3) is 4.62. The molecule has 2 aromatic rings. The van der Waals surface area contributed by atoms with Crippen LogP contribution in [0, 0.1) is 5.92 Å². The number of benzene rings is 1. The van der Waals surface area contributed by atoms with Gasteiger partial charge in [-0.3, -0.25) is 4.90 Å². The molecular weight excluding hydrogens is 356 g/mol. The molecule has 28 heavy (non-hydrogen) atoms. The average Bonchev–Trinajstić information content (AvgIpc) is 3.16. The number of hydrogen-bond donors (Lipinski definition) is 0. The smallest absolute Gasteiger partial charge is 0.173 e. The minimum absolute atomic E-state index is 0.0825. The molecule has 1 aromatic carbocycles. The number of tetrazole rings is 1. The number of rotatable bonds is 8. The first kappa shape index (κ1) is 20.5. The Balaban J connectivity index is 2.03. The number of aromatic nitrogens is 4. The van der Waals surface area contributed by atoms with Crippen LogP contribution in [0.25, 0.3) is 0 Å². The third-order valence-corrected chi connectivity index (χ3v) is 5.36. The maximum atomic E-state index is 5.70. The lowest BCUT2D eigenvalue weighted by molar-refractivity contribution is 0.120. The van der Waals surface area contributed by atoms with Gasteiger partial charge in [0.05, 0.1) is 14.2 Å². The summed E-state index contributed by atoms with van der Waals surface area (Å²) in [6.07, 6.45) is 1.03. The fraction of sp³-hybridized carbons (Fsp3) is 0.650. The molecule has 2 heterocycles. The van der Waals surface area contributed by atoms with Crippen molar-refractivity contribution in [1.29, 1.82) is 0 Å². The topological polar surface area (TPSA) is 68.5 Å². The van der Waals surface area contributed by atoms with Crippen molar-refractivity contribution >= 4 is 0 Å². The summed E-state index contributed by atoms with van der Waals surface area (Å²) in [4.78, 5) is 4.78. The summed E-state index contributed by atoms with van der Waals surface area (Å²) in [5, 5.41) is 12.7. The molecule has 0 spiro atoms. The molecule has 0 bridgehead atoms. The first-order valence-corrected chi connectivity index (χ1v) is 9.94. The fourth-order valence-corrected chi connectivity index (χ4v) is 3.58. The molecule has 8 nitrogen and oxygen atoms in total. The van der Waals surface area contributed by atoms with Crippen LogP contribution in [0.3, 0.4) is 0 Å². The van der Waals surface area contributed by atoms with Crippen LogP contribution in [0.2, 0.25) is 0 Å². The van der Waals surface area contributed by atoms with Crippen molar-refractivity contribution < 1.29 is 9.47 Å². The Labute approximate surface area is 167 Å². The van der Waals surface area contributed by atoms with Gasteiger partial charge >= 0.3 is 0 Å². The van der Waals surface area contributed by atoms with Gasteiger partial charge in [0.2, 0.25) is 0 Å². The summed E-state index contributed by atoms with van der Waals surface area (Å²) >= 11 is 0. The molecule has 0 aliphatic carbocycles. The lowest BCUT2D eigenvalue weighted by Crippen LogP contribution is -2.46. The second kappa shape index (κ2) is 9.34. The monoisotopic (exact) mass is 388 g/mol. The predicted molar refractivity (Wildman–Crippen MR) is 108 cm³/mol. The van der Waals surface area contributed by atoms with Crippen LogP contribution in [0.4, 0.5) is 0 Å². The number of ether oxygens (including phenoxy) is 2. The predicted octanol–water partition coefficient (Wildman–Crippen LogP) is 2.07. The van der Waals surface area contributed by atoms with Crippen LogP contribution in [-0.4, -0.2) is 77.5 Å². The summed E-state index contributed by atoms with van der Waals surface area (Å²) in [6, 6.07) is 5.84. The van der Waals surface area contributed by atoms with Gasteiger partial charge < -0.3 is 14.4 Å². The Morgan fingerprint density at radius 3 is 2.46 bits per heavy atom. The molecule has 1 saturated heterocycles. The van der Waals surface area contributed by atoms with E-state index in [0.29, 0.717) is 5.92 Å². The minimum atomic E-state index is -0.0825. The lowest BCUT2D eigenvalue weighted by atomic mass is 10.0. The Hall–Kier alpha value is -2.19. The Bertz CT molecular complexity index is 755. The number of nitrogens with zero attached hydrogens (tertiary/aromatic N) is 6. The van der Waals surface area contributed by atoms with E-state index in [2.05, 4.69) is 46.2 Å². The van der Waals surface area contributed by atoms with Gasteiger partial charge in [0.25, 0.3) is 0 Å². The van der Waals surface area contributed by atoms with E-state index < -0.39 is 0 Å². The fourth-order valence-electron chi connectivity index (χ4n) is 3.58. The Morgan fingerprint density at radius 2 is 1.82 bits per heavy atom. The molecule has 0 radical (unpaired) electrons. The number of methoxy groups -OCH3 is 2. The molecule has 0 amide bonds. The maximum Gasteiger partial charge on any atom is 0.173 e. The van der Waals surface area contributed by atoms with Gasteiger partial charge in [0.1, 0.15) is 17.5 Å². The van der Waals surface area contributed by atoms with Crippen LogP contribution in [0.15, 0.2) is 18.2 Å². The molecule has 154 valence electrons. The summed E-state index contributed by atoms with van der Waals surface area (Å²) in [7, 11) is 5.54. The third-order valence-electron chi connectivity index (χ3n) is 5.36. The number of piperazine rings is 1. The highest BCUT2D eigenvalue weighted by molar-refractivity contribution is 5.44. The quantitative estimate of drug-likeness (QED) is 0.686. The van der Waals surface area contributed by atoms with E-state index in [0.717, 1.165) is 62.0 Å². The van der Waals surface area contributed by atoms with Crippen LogP contribution in [0.1, 0.15) is 37.7 Å². The number of aryl methyl sites for hydroxylation is 1. The molecule has 1 unspecified atom stereocenters. The van der Waals surface area contributed by atoms with E-state index in [9.17, 15) is 0 Å². The number of likely N-dealkylation sites (N-methyl/N-ethyl adjacent to an activating group) is 1. The van der Waals surface area contributed by atoms with Gasteiger partial charge in [-0.15, -0.1) is 5.10 Å².